The number of para-hydroxylation sites is 1. The lowest BCUT2D eigenvalue weighted by molar-refractivity contribution is 0.173. The van der Waals surface area contributed by atoms with Crippen LogP contribution in [0.25, 0.3) is 16.9 Å². The Morgan fingerprint density at radius 3 is 2.37 bits per heavy atom. The molecule has 3 aromatic carbocycles. The summed E-state index contributed by atoms with van der Waals surface area (Å²) in [5.41, 5.74) is 12.9. The summed E-state index contributed by atoms with van der Waals surface area (Å²) in [5, 5.41) is 7.25. The third kappa shape index (κ3) is 5.36. The standard InChI is InChI=1S/C33H37F2N5O/c1-5-21-12-10-13-22(6-2)31(21)40-32(24-17-27(35)29(18-26(24)34)37-33(36)41)25-19-39(16-15-28(25)38-40)30(7-3)23-14-9-8-11-20(23)4/h8-14,17-18,30H,5-7,15-16,19H2,1-4H3,(H3,36,37,41). The summed E-state index contributed by atoms with van der Waals surface area (Å²) in [4.78, 5) is 13.8. The van der Waals surface area contributed by atoms with E-state index in [1.165, 1.54) is 11.1 Å². The van der Waals surface area contributed by atoms with Gasteiger partial charge in [-0.1, -0.05) is 63.2 Å². The van der Waals surface area contributed by atoms with Gasteiger partial charge >= 0.3 is 6.03 Å². The largest absolute Gasteiger partial charge is 0.351 e. The Balaban J connectivity index is 1.72. The number of carbonyl (C=O) groups is 1. The number of nitrogens with one attached hydrogen (secondary N) is 1. The summed E-state index contributed by atoms with van der Waals surface area (Å²) < 4.78 is 33.0. The van der Waals surface area contributed by atoms with Crippen molar-refractivity contribution >= 4 is 11.7 Å². The molecule has 1 aliphatic heterocycles. The molecule has 0 saturated heterocycles. The molecule has 8 heteroatoms. The second kappa shape index (κ2) is 11.8. The van der Waals surface area contributed by atoms with Crippen LogP contribution in [0, 0.1) is 18.6 Å². The van der Waals surface area contributed by atoms with E-state index < -0.39 is 17.7 Å². The quantitative estimate of drug-likeness (QED) is 0.240. The SMILES string of the molecule is CCc1cccc(CC)c1-n1nc2c(c1-c1cc(F)c(NC(N)=O)cc1F)CN(C(CC)c1ccccc1C)CC2. The van der Waals surface area contributed by atoms with Gasteiger partial charge in [0.2, 0.25) is 0 Å². The van der Waals surface area contributed by atoms with Gasteiger partial charge in [-0.25, -0.2) is 18.3 Å². The first-order valence-electron chi connectivity index (χ1n) is 14.3. The summed E-state index contributed by atoms with van der Waals surface area (Å²) in [6.07, 6.45) is 3.14. The van der Waals surface area contributed by atoms with Crippen LogP contribution in [0.2, 0.25) is 0 Å². The predicted molar refractivity (Wildman–Crippen MR) is 159 cm³/mol. The molecule has 6 nitrogen and oxygen atoms in total. The van der Waals surface area contributed by atoms with Crippen molar-refractivity contribution in [3.8, 4) is 16.9 Å². The molecule has 1 aromatic heterocycles. The minimum absolute atomic E-state index is 0.102. The number of rotatable bonds is 8. The minimum Gasteiger partial charge on any atom is -0.351 e. The summed E-state index contributed by atoms with van der Waals surface area (Å²) in [6.45, 7) is 9.84. The van der Waals surface area contributed by atoms with E-state index in [0.717, 1.165) is 66.0 Å². The summed E-state index contributed by atoms with van der Waals surface area (Å²) >= 11 is 0. The molecular formula is C33H37F2N5O. The van der Waals surface area contributed by atoms with Crippen molar-refractivity contribution in [1.29, 1.82) is 0 Å². The highest BCUT2D eigenvalue weighted by atomic mass is 19.1. The average molecular weight is 558 g/mol. The zero-order valence-electron chi connectivity index (χ0n) is 24.1. The van der Waals surface area contributed by atoms with E-state index in [1.807, 2.05) is 16.8 Å². The van der Waals surface area contributed by atoms with Crippen LogP contribution >= 0.6 is 0 Å². The van der Waals surface area contributed by atoms with Gasteiger partial charge in [-0.3, -0.25) is 4.90 Å². The Labute approximate surface area is 240 Å². The molecule has 41 heavy (non-hydrogen) atoms. The predicted octanol–water partition coefficient (Wildman–Crippen LogP) is 7.25. The molecule has 5 rings (SSSR count). The van der Waals surface area contributed by atoms with Crippen LogP contribution in [0.3, 0.4) is 0 Å². The number of aryl methyl sites for hydroxylation is 3. The van der Waals surface area contributed by atoms with Crippen molar-refractivity contribution in [2.45, 2.75) is 66.0 Å². The number of primary amides is 1. The van der Waals surface area contributed by atoms with Crippen molar-refractivity contribution < 1.29 is 13.6 Å². The van der Waals surface area contributed by atoms with Gasteiger partial charge in [0.05, 0.1) is 22.8 Å². The summed E-state index contributed by atoms with van der Waals surface area (Å²) in [5.74, 6) is -1.42. The Morgan fingerprint density at radius 2 is 1.73 bits per heavy atom. The number of fused-ring (bicyclic) bond motifs is 1. The van der Waals surface area contributed by atoms with Crippen molar-refractivity contribution in [2.24, 2.45) is 5.73 Å². The van der Waals surface area contributed by atoms with E-state index in [0.29, 0.717) is 18.7 Å². The first-order valence-corrected chi connectivity index (χ1v) is 14.3. The molecule has 1 atom stereocenters. The third-order valence-electron chi connectivity index (χ3n) is 8.19. The van der Waals surface area contributed by atoms with Crippen molar-refractivity contribution in [3.05, 3.63) is 99.7 Å². The number of nitrogens with zero attached hydrogens (tertiary/aromatic N) is 3. The Bertz CT molecular complexity index is 1570. The highest BCUT2D eigenvalue weighted by Gasteiger charge is 2.32. The topological polar surface area (TPSA) is 76.2 Å². The fourth-order valence-corrected chi connectivity index (χ4v) is 6.18. The van der Waals surface area contributed by atoms with Gasteiger partial charge in [0, 0.05) is 42.7 Å². The first kappa shape index (κ1) is 28.5. The fraction of sp³-hybridized carbons (Fsp3) is 0.333. The van der Waals surface area contributed by atoms with Crippen molar-refractivity contribution in [2.75, 3.05) is 11.9 Å². The number of nitrogens with two attached hydrogens (primary N) is 1. The molecule has 1 unspecified atom stereocenters. The normalized spacial score (nSPS) is 14.1. The van der Waals surface area contributed by atoms with E-state index in [-0.39, 0.29) is 17.3 Å². The van der Waals surface area contributed by atoms with Gasteiger partial charge in [0.15, 0.2) is 0 Å². The molecule has 2 heterocycles. The van der Waals surface area contributed by atoms with Crippen molar-refractivity contribution in [1.82, 2.24) is 14.7 Å². The van der Waals surface area contributed by atoms with Gasteiger partial charge in [-0.2, -0.15) is 5.10 Å². The van der Waals surface area contributed by atoms with Gasteiger partial charge in [-0.15, -0.1) is 0 Å². The van der Waals surface area contributed by atoms with Crippen LogP contribution in [0.5, 0.6) is 0 Å². The number of urea groups is 1. The molecule has 0 bridgehead atoms. The number of hydrogen-bond donors (Lipinski definition) is 2. The molecule has 4 aromatic rings. The van der Waals surface area contributed by atoms with Gasteiger partial charge < -0.3 is 11.1 Å². The maximum absolute atomic E-state index is 15.9. The Morgan fingerprint density at radius 1 is 1.02 bits per heavy atom. The van der Waals surface area contributed by atoms with Crippen molar-refractivity contribution in [3.63, 3.8) is 0 Å². The van der Waals surface area contributed by atoms with Crippen LogP contribution in [0.1, 0.15) is 66.7 Å². The second-order valence-corrected chi connectivity index (χ2v) is 10.6. The van der Waals surface area contributed by atoms with Crippen LogP contribution in [-0.4, -0.2) is 27.3 Å². The Hall–Kier alpha value is -4.04. The van der Waals surface area contributed by atoms with Gasteiger partial charge in [-0.05, 0) is 54.5 Å². The Kier molecular flexibility index (Phi) is 8.22. The van der Waals surface area contributed by atoms with Crippen LogP contribution in [-0.2, 0) is 25.8 Å². The molecular weight excluding hydrogens is 520 g/mol. The van der Waals surface area contributed by atoms with E-state index in [9.17, 15) is 4.79 Å². The number of anilines is 1. The number of carbonyl (C=O) groups excluding carboxylic acids is 1. The number of halogens is 2. The van der Waals surface area contributed by atoms with E-state index in [2.05, 4.69) is 68.2 Å². The molecule has 214 valence electrons. The highest BCUT2D eigenvalue weighted by molar-refractivity contribution is 5.88. The zero-order valence-corrected chi connectivity index (χ0v) is 24.1. The molecule has 1 aliphatic rings. The fourth-order valence-electron chi connectivity index (χ4n) is 6.18. The number of aromatic nitrogens is 2. The molecule has 0 radical (unpaired) electrons. The van der Waals surface area contributed by atoms with E-state index in [4.69, 9.17) is 10.8 Å². The lowest BCUT2D eigenvalue weighted by Gasteiger charge is -2.35. The molecule has 0 saturated carbocycles. The molecule has 0 spiro atoms. The highest BCUT2D eigenvalue weighted by Crippen LogP contribution is 2.40. The number of hydrogen-bond acceptors (Lipinski definition) is 3. The maximum atomic E-state index is 15.9. The maximum Gasteiger partial charge on any atom is 0.316 e. The van der Waals surface area contributed by atoms with Crippen LogP contribution < -0.4 is 11.1 Å². The van der Waals surface area contributed by atoms with E-state index >= 15 is 8.78 Å². The molecule has 2 amide bonds. The lowest BCUT2D eigenvalue weighted by Crippen LogP contribution is -2.34. The first-order chi connectivity index (χ1) is 19.8. The zero-order chi connectivity index (χ0) is 29.3. The smallest absolute Gasteiger partial charge is 0.316 e. The third-order valence-corrected chi connectivity index (χ3v) is 8.19. The summed E-state index contributed by atoms with van der Waals surface area (Å²) in [7, 11) is 0. The minimum atomic E-state index is -0.958. The van der Waals surface area contributed by atoms with Crippen LogP contribution in [0.15, 0.2) is 54.6 Å². The number of amides is 2. The summed E-state index contributed by atoms with van der Waals surface area (Å²) in [6, 6.07) is 15.9. The number of benzene rings is 3. The van der Waals surface area contributed by atoms with E-state index in [1.54, 1.807) is 0 Å². The van der Waals surface area contributed by atoms with Gasteiger partial charge in [0.25, 0.3) is 0 Å². The average Bonchev–Trinajstić information content (AvgIpc) is 3.33. The molecule has 0 fully saturated rings. The molecule has 3 N–H and O–H groups in total. The van der Waals surface area contributed by atoms with Crippen LogP contribution in [0.4, 0.5) is 19.3 Å². The lowest BCUT2D eigenvalue weighted by atomic mass is 9.93. The monoisotopic (exact) mass is 557 g/mol. The second-order valence-electron chi connectivity index (χ2n) is 10.6. The van der Waals surface area contributed by atoms with Gasteiger partial charge in [0.1, 0.15) is 11.6 Å². The molecule has 0 aliphatic carbocycles.